The first-order valence-electron chi connectivity index (χ1n) is 9.33. The quantitative estimate of drug-likeness (QED) is 0.486. The Hall–Kier alpha value is -3.78. The molecule has 0 aliphatic rings. The van der Waals surface area contributed by atoms with Crippen LogP contribution in [-0.4, -0.2) is 28.0 Å². The number of nitrogens with one attached hydrogen (secondary N) is 2. The zero-order valence-corrected chi connectivity index (χ0v) is 17.7. The number of anilines is 2. The molecule has 2 N–H and O–H groups in total. The molecule has 0 bridgehead atoms. The Balaban J connectivity index is 1.66. The van der Waals surface area contributed by atoms with Gasteiger partial charge in [0.2, 0.25) is 0 Å². The van der Waals surface area contributed by atoms with E-state index < -0.39 is 10.0 Å². The molecule has 3 aromatic rings. The second kappa shape index (κ2) is 9.82. The molecule has 1 amide bonds. The summed E-state index contributed by atoms with van der Waals surface area (Å²) in [6, 6.07) is 19.2. The maximum absolute atomic E-state index is 12.5. The van der Waals surface area contributed by atoms with Gasteiger partial charge in [0.1, 0.15) is 18.1 Å². The highest BCUT2D eigenvalue weighted by Gasteiger charge is 2.15. The van der Waals surface area contributed by atoms with Crippen molar-refractivity contribution in [2.45, 2.75) is 4.90 Å². The van der Waals surface area contributed by atoms with Crippen molar-refractivity contribution in [3.8, 4) is 11.5 Å². The predicted octanol–water partition coefficient (Wildman–Crippen LogP) is 4.31. The summed E-state index contributed by atoms with van der Waals surface area (Å²) in [7, 11) is -2.25. The van der Waals surface area contributed by atoms with Crippen molar-refractivity contribution in [3.05, 3.63) is 91.0 Å². The van der Waals surface area contributed by atoms with E-state index in [4.69, 9.17) is 9.47 Å². The second-order valence-electron chi connectivity index (χ2n) is 6.44. The van der Waals surface area contributed by atoms with Gasteiger partial charge in [-0.25, -0.2) is 8.42 Å². The van der Waals surface area contributed by atoms with E-state index in [0.29, 0.717) is 35.0 Å². The molecule has 8 heteroatoms. The lowest BCUT2D eigenvalue weighted by Gasteiger charge is -2.10. The number of benzene rings is 3. The first kappa shape index (κ1) is 21.9. The zero-order chi connectivity index (χ0) is 22.3. The third-order valence-corrected chi connectivity index (χ3v) is 5.63. The van der Waals surface area contributed by atoms with E-state index >= 15 is 0 Å². The van der Waals surface area contributed by atoms with E-state index in [-0.39, 0.29) is 10.8 Å². The molecule has 0 atom stereocenters. The molecule has 0 aliphatic heterocycles. The number of amides is 1. The average Bonchev–Trinajstić information content (AvgIpc) is 2.78. The van der Waals surface area contributed by atoms with E-state index in [1.54, 1.807) is 54.6 Å². The van der Waals surface area contributed by atoms with Crippen molar-refractivity contribution in [2.75, 3.05) is 23.8 Å². The molecule has 3 aromatic carbocycles. The molecule has 0 heterocycles. The van der Waals surface area contributed by atoms with Crippen molar-refractivity contribution < 1.29 is 22.7 Å². The topological polar surface area (TPSA) is 93.7 Å². The van der Waals surface area contributed by atoms with Crippen molar-refractivity contribution in [1.82, 2.24) is 0 Å². The second-order valence-corrected chi connectivity index (χ2v) is 8.12. The number of ether oxygens (including phenoxy) is 2. The maximum Gasteiger partial charge on any atom is 0.261 e. The third kappa shape index (κ3) is 5.86. The van der Waals surface area contributed by atoms with Crippen LogP contribution in [0.3, 0.4) is 0 Å². The molecule has 7 nitrogen and oxygen atoms in total. The van der Waals surface area contributed by atoms with Gasteiger partial charge in [-0.1, -0.05) is 18.7 Å². The molecule has 0 spiro atoms. The molecule has 0 aliphatic carbocycles. The van der Waals surface area contributed by atoms with E-state index in [9.17, 15) is 13.2 Å². The minimum absolute atomic E-state index is 0.105. The highest BCUT2D eigenvalue weighted by molar-refractivity contribution is 7.92. The fraction of sp³-hybridized carbons (Fsp3) is 0.0870. The summed E-state index contributed by atoms with van der Waals surface area (Å²) < 4.78 is 38.0. The van der Waals surface area contributed by atoms with Crippen LogP contribution >= 0.6 is 0 Å². The predicted molar refractivity (Wildman–Crippen MR) is 120 cm³/mol. The summed E-state index contributed by atoms with van der Waals surface area (Å²) in [5, 5.41) is 2.78. The van der Waals surface area contributed by atoms with Crippen molar-refractivity contribution in [1.29, 1.82) is 0 Å². The molecular formula is C23H22N2O5S. The maximum atomic E-state index is 12.5. The van der Waals surface area contributed by atoms with E-state index in [2.05, 4.69) is 16.6 Å². The molecule has 160 valence electrons. The van der Waals surface area contributed by atoms with Gasteiger partial charge >= 0.3 is 0 Å². The Morgan fingerprint density at radius 1 is 0.968 bits per heavy atom. The number of hydrogen-bond donors (Lipinski definition) is 2. The summed E-state index contributed by atoms with van der Waals surface area (Å²) in [5.41, 5.74) is 1.30. The summed E-state index contributed by atoms with van der Waals surface area (Å²) in [6.07, 6.45) is 1.63. The van der Waals surface area contributed by atoms with Crippen molar-refractivity contribution in [2.24, 2.45) is 0 Å². The Labute approximate surface area is 181 Å². The van der Waals surface area contributed by atoms with Crippen LogP contribution in [0.1, 0.15) is 10.4 Å². The Kier molecular flexibility index (Phi) is 6.94. The molecule has 0 saturated carbocycles. The molecule has 0 unspecified atom stereocenters. The summed E-state index contributed by atoms with van der Waals surface area (Å²) in [5.74, 6) is 0.846. The minimum atomic E-state index is -3.76. The average molecular weight is 439 g/mol. The number of sulfonamides is 1. The molecule has 0 aromatic heterocycles. The summed E-state index contributed by atoms with van der Waals surface area (Å²) in [6.45, 7) is 3.96. The molecule has 0 saturated heterocycles. The van der Waals surface area contributed by atoms with Gasteiger partial charge in [-0.3, -0.25) is 9.52 Å². The monoisotopic (exact) mass is 438 g/mol. The fourth-order valence-corrected chi connectivity index (χ4v) is 3.74. The van der Waals surface area contributed by atoms with Crippen LogP contribution in [0.4, 0.5) is 11.4 Å². The van der Waals surface area contributed by atoms with Crippen LogP contribution in [0.5, 0.6) is 11.5 Å². The van der Waals surface area contributed by atoms with Gasteiger partial charge in [0, 0.05) is 23.0 Å². The third-order valence-electron chi connectivity index (χ3n) is 4.23. The standard InChI is InChI=1S/C23H22N2O5S/c1-3-15-30-21-6-4-5-19(16-21)24-23(26)17-7-9-18(10-8-17)25-31(27,28)22-13-11-20(29-2)12-14-22/h3-14,16,25H,1,15H2,2H3,(H,24,26). The highest BCUT2D eigenvalue weighted by Crippen LogP contribution is 2.21. The van der Waals surface area contributed by atoms with Crippen molar-refractivity contribution in [3.63, 3.8) is 0 Å². The van der Waals surface area contributed by atoms with Crippen LogP contribution in [0, 0.1) is 0 Å². The van der Waals surface area contributed by atoms with Crippen LogP contribution in [0.25, 0.3) is 0 Å². The molecule has 3 rings (SSSR count). The summed E-state index contributed by atoms with van der Waals surface area (Å²) in [4.78, 5) is 12.6. The molecule has 0 radical (unpaired) electrons. The highest BCUT2D eigenvalue weighted by atomic mass is 32.2. The Bertz CT molecular complexity index is 1160. The number of methoxy groups -OCH3 is 1. The largest absolute Gasteiger partial charge is 0.497 e. The first-order chi connectivity index (χ1) is 14.9. The molecular weight excluding hydrogens is 416 g/mol. The lowest BCUT2D eigenvalue weighted by atomic mass is 10.2. The van der Waals surface area contributed by atoms with E-state index in [1.807, 2.05) is 0 Å². The number of carbonyl (C=O) groups is 1. The SMILES string of the molecule is C=CCOc1cccc(NC(=O)c2ccc(NS(=O)(=O)c3ccc(OC)cc3)cc2)c1. The van der Waals surface area contributed by atoms with Crippen LogP contribution in [0.15, 0.2) is 90.3 Å². The number of rotatable bonds is 9. The molecule has 31 heavy (non-hydrogen) atoms. The van der Waals surface area contributed by atoms with Gasteiger partial charge in [-0.05, 0) is 60.7 Å². The minimum Gasteiger partial charge on any atom is -0.497 e. The first-order valence-corrected chi connectivity index (χ1v) is 10.8. The number of hydrogen-bond acceptors (Lipinski definition) is 5. The van der Waals surface area contributed by atoms with Crippen LogP contribution in [-0.2, 0) is 10.0 Å². The fourth-order valence-electron chi connectivity index (χ4n) is 2.68. The van der Waals surface area contributed by atoms with Gasteiger partial charge in [-0.2, -0.15) is 0 Å². The van der Waals surface area contributed by atoms with Gasteiger partial charge in [-0.15, -0.1) is 0 Å². The Morgan fingerprint density at radius 2 is 1.68 bits per heavy atom. The van der Waals surface area contributed by atoms with Gasteiger partial charge in [0.15, 0.2) is 0 Å². The van der Waals surface area contributed by atoms with Crippen molar-refractivity contribution >= 4 is 27.3 Å². The Morgan fingerprint density at radius 3 is 2.32 bits per heavy atom. The van der Waals surface area contributed by atoms with Gasteiger partial charge < -0.3 is 14.8 Å². The van der Waals surface area contributed by atoms with E-state index in [0.717, 1.165) is 0 Å². The van der Waals surface area contributed by atoms with Crippen LogP contribution < -0.4 is 19.5 Å². The van der Waals surface area contributed by atoms with E-state index in [1.165, 1.54) is 31.4 Å². The lowest BCUT2D eigenvalue weighted by Crippen LogP contribution is -2.14. The smallest absolute Gasteiger partial charge is 0.261 e. The molecule has 0 fully saturated rings. The lowest BCUT2D eigenvalue weighted by molar-refractivity contribution is 0.102. The zero-order valence-electron chi connectivity index (χ0n) is 16.9. The van der Waals surface area contributed by atoms with Gasteiger partial charge in [0.05, 0.1) is 12.0 Å². The normalized spacial score (nSPS) is 10.7. The van der Waals surface area contributed by atoms with Gasteiger partial charge in [0.25, 0.3) is 15.9 Å². The number of carbonyl (C=O) groups excluding carboxylic acids is 1. The van der Waals surface area contributed by atoms with Crippen LogP contribution in [0.2, 0.25) is 0 Å². The summed E-state index contributed by atoms with van der Waals surface area (Å²) >= 11 is 0.